The van der Waals surface area contributed by atoms with Crippen LogP contribution in [0.3, 0.4) is 0 Å². The van der Waals surface area contributed by atoms with Gasteiger partial charge in [-0.05, 0) is 65.2 Å². The fourth-order valence-corrected chi connectivity index (χ4v) is 5.89. The molecule has 6 heteroatoms. The van der Waals surface area contributed by atoms with Crippen LogP contribution in [0.15, 0.2) is 151 Å². The maximum Gasteiger partial charge on any atom is 0.338 e. The summed E-state index contributed by atoms with van der Waals surface area (Å²) in [6.45, 7) is 0.172. The minimum atomic E-state index is -0.456. The van der Waals surface area contributed by atoms with E-state index in [0.717, 1.165) is 45.3 Å². The zero-order chi connectivity index (χ0) is 31.0. The topological polar surface area (TPSA) is 60.0 Å². The molecule has 0 aliphatic carbocycles. The minimum absolute atomic E-state index is 0.101. The van der Waals surface area contributed by atoms with Gasteiger partial charge in [0.1, 0.15) is 18.1 Å². The van der Waals surface area contributed by atoms with E-state index in [1.807, 2.05) is 91.0 Å². The third-order valence-corrected chi connectivity index (χ3v) is 8.10. The number of benzene rings is 5. The first-order valence-electron chi connectivity index (χ1n) is 15.0. The predicted molar refractivity (Wildman–Crippen MR) is 178 cm³/mol. The first kappa shape index (κ1) is 29.6. The molecule has 1 aliphatic rings. The number of carbonyl (C=O) groups is 1. The van der Waals surface area contributed by atoms with Crippen LogP contribution < -0.4 is 19.7 Å². The highest BCUT2D eigenvalue weighted by molar-refractivity contribution is 5.93. The molecule has 0 bridgehead atoms. The molecule has 45 heavy (non-hydrogen) atoms. The first-order chi connectivity index (χ1) is 22.1. The van der Waals surface area contributed by atoms with Gasteiger partial charge in [0, 0.05) is 23.5 Å². The average Bonchev–Trinajstić information content (AvgIpc) is 3.11. The molecule has 0 saturated carbocycles. The number of carbonyl (C=O) groups excluding carboxylic acids is 1. The molecule has 1 aliphatic heterocycles. The Balaban J connectivity index is 1.53. The van der Waals surface area contributed by atoms with E-state index in [0.29, 0.717) is 12.0 Å². The fraction of sp³-hybridized carbons (Fsp3) is 0.154. The standard InChI is InChI=1S/C39H36N2O4/c1-43-33-22-18-31(19-23-33)40-35-26-36(29-14-8-4-9-15-29)41(32-20-24-34(44-2)25-21-32)38(30-16-10-5-11-17-30)37(35)39(42)45-27-28-12-6-3-7-13-28/h3-25,36,38,40H,26-27H2,1-2H3. The molecule has 0 fully saturated rings. The molecule has 0 saturated heterocycles. The summed E-state index contributed by atoms with van der Waals surface area (Å²) in [5.41, 5.74) is 6.25. The molecule has 0 spiro atoms. The van der Waals surface area contributed by atoms with Crippen molar-refractivity contribution in [2.75, 3.05) is 24.4 Å². The van der Waals surface area contributed by atoms with Crippen LogP contribution in [0.5, 0.6) is 11.5 Å². The number of anilines is 2. The Hall–Kier alpha value is -5.49. The fourth-order valence-electron chi connectivity index (χ4n) is 5.89. The molecule has 5 aromatic carbocycles. The Kier molecular flexibility index (Phi) is 9.11. The summed E-state index contributed by atoms with van der Waals surface area (Å²) in [5, 5.41) is 3.63. The van der Waals surface area contributed by atoms with Crippen LogP contribution in [-0.2, 0) is 16.1 Å². The average molecular weight is 597 g/mol. The maximum absolute atomic E-state index is 14.4. The van der Waals surface area contributed by atoms with Gasteiger partial charge in [-0.15, -0.1) is 0 Å². The van der Waals surface area contributed by atoms with Gasteiger partial charge in [-0.1, -0.05) is 91.0 Å². The lowest BCUT2D eigenvalue weighted by atomic mass is 9.84. The molecule has 226 valence electrons. The Morgan fingerprint density at radius 2 is 1.22 bits per heavy atom. The van der Waals surface area contributed by atoms with Crippen molar-refractivity contribution in [2.45, 2.75) is 25.1 Å². The van der Waals surface area contributed by atoms with Gasteiger partial charge in [0.2, 0.25) is 0 Å². The van der Waals surface area contributed by atoms with Gasteiger partial charge in [-0.2, -0.15) is 0 Å². The Morgan fingerprint density at radius 3 is 1.80 bits per heavy atom. The molecular formula is C39H36N2O4. The third kappa shape index (κ3) is 6.70. The smallest absolute Gasteiger partial charge is 0.338 e. The number of methoxy groups -OCH3 is 2. The second-order valence-corrected chi connectivity index (χ2v) is 10.9. The maximum atomic E-state index is 14.4. The summed E-state index contributed by atoms with van der Waals surface area (Å²) < 4.78 is 17.0. The van der Waals surface area contributed by atoms with Crippen LogP contribution in [0.2, 0.25) is 0 Å². The number of nitrogens with zero attached hydrogens (tertiary/aromatic N) is 1. The number of hydrogen-bond donors (Lipinski definition) is 1. The molecule has 6 rings (SSSR count). The van der Waals surface area contributed by atoms with E-state index >= 15 is 0 Å². The highest BCUT2D eigenvalue weighted by Gasteiger charge is 2.41. The van der Waals surface area contributed by atoms with Crippen molar-refractivity contribution in [1.82, 2.24) is 0 Å². The molecule has 1 heterocycles. The quantitative estimate of drug-likeness (QED) is 0.163. The van der Waals surface area contributed by atoms with Crippen molar-refractivity contribution in [3.8, 4) is 11.5 Å². The number of ether oxygens (including phenoxy) is 3. The number of nitrogens with one attached hydrogen (secondary N) is 1. The van der Waals surface area contributed by atoms with E-state index in [2.05, 4.69) is 58.7 Å². The summed E-state index contributed by atoms with van der Waals surface area (Å²) in [7, 11) is 3.31. The van der Waals surface area contributed by atoms with Gasteiger partial charge in [-0.25, -0.2) is 4.79 Å². The summed E-state index contributed by atoms with van der Waals surface area (Å²) >= 11 is 0. The van der Waals surface area contributed by atoms with Crippen molar-refractivity contribution < 1.29 is 19.0 Å². The molecular weight excluding hydrogens is 560 g/mol. The van der Waals surface area contributed by atoms with Crippen LogP contribution in [0, 0.1) is 0 Å². The van der Waals surface area contributed by atoms with E-state index in [1.54, 1.807) is 14.2 Å². The van der Waals surface area contributed by atoms with Gasteiger partial charge >= 0.3 is 5.97 Å². The first-order valence-corrected chi connectivity index (χ1v) is 15.0. The molecule has 2 atom stereocenters. The third-order valence-electron chi connectivity index (χ3n) is 8.10. The summed E-state index contributed by atoms with van der Waals surface area (Å²) in [6.07, 6.45) is 0.543. The molecule has 0 amide bonds. The highest BCUT2D eigenvalue weighted by Crippen LogP contribution is 2.48. The lowest BCUT2D eigenvalue weighted by Gasteiger charge is -2.46. The number of rotatable bonds is 10. The molecule has 2 unspecified atom stereocenters. The van der Waals surface area contributed by atoms with Crippen LogP contribution in [0.4, 0.5) is 11.4 Å². The van der Waals surface area contributed by atoms with Gasteiger partial charge in [-0.3, -0.25) is 0 Å². The van der Waals surface area contributed by atoms with E-state index in [1.165, 1.54) is 0 Å². The van der Waals surface area contributed by atoms with E-state index < -0.39 is 6.04 Å². The second-order valence-electron chi connectivity index (χ2n) is 10.9. The van der Waals surface area contributed by atoms with Gasteiger partial charge in [0.25, 0.3) is 0 Å². The normalized spacial score (nSPS) is 16.2. The molecule has 1 N–H and O–H groups in total. The van der Waals surface area contributed by atoms with Crippen molar-refractivity contribution >= 4 is 17.3 Å². The molecule has 6 nitrogen and oxygen atoms in total. The molecule has 0 aromatic heterocycles. The summed E-state index contributed by atoms with van der Waals surface area (Å²) in [5.74, 6) is 1.16. The second kappa shape index (κ2) is 13.9. The van der Waals surface area contributed by atoms with Crippen LogP contribution in [0.1, 0.15) is 35.2 Å². The predicted octanol–water partition coefficient (Wildman–Crippen LogP) is 8.51. The number of esters is 1. The largest absolute Gasteiger partial charge is 0.497 e. The molecule has 5 aromatic rings. The van der Waals surface area contributed by atoms with Crippen molar-refractivity contribution in [3.05, 3.63) is 167 Å². The van der Waals surface area contributed by atoms with E-state index in [9.17, 15) is 4.79 Å². The van der Waals surface area contributed by atoms with Gasteiger partial charge in [0.05, 0.1) is 31.9 Å². The highest BCUT2D eigenvalue weighted by atomic mass is 16.5. The van der Waals surface area contributed by atoms with E-state index in [-0.39, 0.29) is 18.6 Å². The molecule has 0 radical (unpaired) electrons. The SMILES string of the molecule is COc1ccc(NC2=C(C(=O)OCc3ccccc3)C(c3ccccc3)N(c3ccc(OC)cc3)C(c3ccccc3)C2)cc1. The lowest BCUT2D eigenvalue weighted by Crippen LogP contribution is -2.41. The number of hydrogen-bond acceptors (Lipinski definition) is 6. The Bertz CT molecular complexity index is 1720. The van der Waals surface area contributed by atoms with Crippen molar-refractivity contribution in [1.29, 1.82) is 0 Å². The zero-order valence-corrected chi connectivity index (χ0v) is 25.4. The lowest BCUT2D eigenvalue weighted by molar-refractivity contribution is -0.140. The summed E-state index contributed by atoms with van der Waals surface area (Å²) in [6, 6.07) is 45.6. The minimum Gasteiger partial charge on any atom is -0.497 e. The monoisotopic (exact) mass is 596 g/mol. The van der Waals surface area contributed by atoms with Crippen LogP contribution >= 0.6 is 0 Å². The van der Waals surface area contributed by atoms with Crippen molar-refractivity contribution in [3.63, 3.8) is 0 Å². The zero-order valence-electron chi connectivity index (χ0n) is 25.4. The van der Waals surface area contributed by atoms with E-state index in [4.69, 9.17) is 14.2 Å². The Labute approximate surface area is 264 Å². The Morgan fingerprint density at radius 1 is 0.689 bits per heavy atom. The van der Waals surface area contributed by atoms with Gasteiger partial charge < -0.3 is 24.4 Å². The summed E-state index contributed by atoms with van der Waals surface area (Å²) in [4.78, 5) is 16.7. The van der Waals surface area contributed by atoms with Crippen LogP contribution in [-0.4, -0.2) is 20.2 Å². The van der Waals surface area contributed by atoms with Crippen molar-refractivity contribution in [2.24, 2.45) is 0 Å². The van der Waals surface area contributed by atoms with Crippen LogP contribution in [0.25, 0.3) is 0 Å². The van der Waals surface area contributed by atoms with Gasteiger partial charge in [0.15, 0.2) is 0 Å².